The van der Waals surface area contributed by atoms with Gasteiger partial charge in [-0.1, -0.05) is 0 Å². The first-order valence-electron chi connectivity index (χ1n) is 3.91. The van der Waals surface area contributed by atoms with Gasteiger partial charge in [0.15, 0.2) is 4.60 Å². The lowest BCUT2D eigenvalue weighted by Crippen LogP contribution is -2.14. The Labute approximate surface area is 77.9 Å². The van der Waals surface area contributed by atoms with Crippen LogP contribution >= 0.6 is 15.9 Å². The third-order valence-electron chi connectivity index (χ3n) is 2.03. The fourth-order valence-electron chi connectivity index (χ4n) is 1.43. The van der Waals surface area contributed by atoms with E-state index in [2.05, 4.69) is 31.2 Å². The third kappa shape index (κ3) is 1.38. The SMILES string of the molecule is Fc1[nH]c(C2CCCN2)nc1Br. The number of rotatable bonds is 1. The fourth-order valence-corrected chi connectivity index (χ4v) is 1.72. The minimum atomic E-state index is -0.390. The Balaban J connectivity index is 2.21. The van der Waals surface area contributed by atoms with E-state index < -0.39 is 5.95 Å². The first-order valence-corrected chi connectivity index (χ1v) is 4.71. The lowest BCUT2D eigenvalue weighted by molar-refractivity contribution is 0.563. The van der Waals surface area contributed by atoms with Gasteiger partial charge in [0.25, 0.3) is 0 Å². The molecule has 1 atom stereocenters. The molecule has 2 rings (SSSR count). The second kappa shape index (κ2) is 3.14. The van der Waals surface area contributed by atoms with E-state index in [4.69, 9.17) is 0 Å². The number of halogens is 2. The highest BCUT2D eigenvalue weighted by molar-refractivity contribution is 9.10. The van der Waals surface area contributed by atoms with Crippen molar-refractivity contribution in [3.63, 3.8) is 0 Å². The minimum absolute atomic E-state index is 0.200. The van der Waals surface area contributed by atoms with Crippen molar-refractivity contribution in [3.8, 4) is 0 Å². The van der Waals surface area contributed by atoms with Crippen LogP contribution in [0.25, 0.3) is 0 Å². The fraction of sp³-hybridized carbons (Fsp3) is 0.571. The maximum absolute atomic E-state index is 12.8. The number of nitrogens with zero attached hydrogens (tertiary/aromatic N) is 1. The summed E-state index contributed by atoms with van der Waals surface area (Å²) < 4.78 is 13.1. The topological polar surface area (TPSA) is 40.7 Å². The molecule has 1 fully saturated rings. The summed E-state index contributed by atoms with van der Waals surface area (Å²) in [4.78, 5) is 6.61. The Hall–Kier alpha value is -0.420. The summed E-state index contributed by atoms with van der Waals surface area (Å²) in [5.74, 6) is 0.301. The molecule has 12 heavy (non-hydrogen) atoms. The Morgan fingerprint density at radius 1 is 1.58 bits per heavy atom. The number of H-pyrrole nitrogens is 1. The second-order valence-electron chi connectivity index (χ2n) is 2.88. The summed E-state index contributed by atoms with van der Waals surface area (Å²) in [5.41, 5.74) is 0. The van der Waals surface area contributed by atoms with Crippen LogP contribution in [0.1, 0.15) is 24.7 Å². The second-order valence-corrected chi connectivity index (χ2v) is 3.63. The third-order valence-corrected chi connectivity index (χ3v) is 2.55. The monoisotopic (exact) mass is 233 g/mol. The number of aromatic nitrogens is 2. The predicted molar refractivity (Wildman–Crippen MR) is 46.2 cm³/mol. The highest BCUT2D eigenvalue weighted by Crippen LogP contribution is 2.22. The van der Waals surface area contributed by atoms with Crippen LogP contribution in [0.3, 0.4) is 0 Å². The summed E-state index contributed by atoms with van der Waals surface area (Å²) >= 11 is 3.02. The molecule has 0 aliphatic carbocycles. The molecule has 0 amide bonds. The molecule has 1 aromatic heterocycles. The number of nitrogens with one attached hydrogen (secondary N) is 2. The summed E-state index contributed by atoms with van der Waals surface area (Å²) in [6.07, 6.45) is 2.16. The van der Waals surface area contributed by atoms with Gasteiger partial charge in [0.2, 0.25) is 5.95 Å². The van der Waals surface area contributed by atoms with Crippen molar-refractivity contribution in [2.75, 3.05) is 6.54 Å². The van der Waals surface area contributed by atoms with Crippen LogP contribution in [0.4, 0.5) is 4.39 Å². The first kappa shape index (κ1) is 8.19. The summed E-state index contributed by atoms with van der Waals surface area (Å²) in [5, 5.41) is 3.23. The Morgan fingerprint density at radius 2 is 2.42 bits per heavy atom. The number of hydrogen-bond acceptors (Lipinski definition) is 2. The minimum Gasteiger partial charge on any atom is -0.317 e. The average molecular weight is 234 g/mol. The maximum atomic E-state index is 12.8. The van der Waals surface area contributed by atoms with Gasteiger partial charge in [0.1, 0.15) is 5.82 Å². The molecule has 1 aliphatic rings. The zero-order chi connectivity index (χ0) is 8.55. The molecule has 5 heteroatoms. The molecular formula is C7H9BrFN3. The van der Waals surface area contributed by atoms with Crippen LogP contribution in [0, 0.1) is 5.95 Å². The standard InChI is InChI=1S/C7H9BrFN3/c8-5-6(9)12-7(11-5)4-2-1-3-10-4/h4,10H,1-3H2,(H,11,12). The Morgan fingerprint density at radius 3 is 2.92 bits per heavy atom. The van der Waals surface area contributed by atoms with Gasteiger partial charge >= 0.3 is 0 Å². The van der Waals surface area contributed by atoms with Gasteiger partial charge in [-0.3, -0.25) is 0 Å². The molecule has 0 spiro atoms. The lowest BCUT2D eigenvalue weighted by Gasteiger charge is -2.04. The van der Waals surface area contributed by atoms with Crippen molar-refractivity contribution in [1.82, 2.24) is 15.3 Å². The van der Waals surface area contributed by atoms with Crippen molar-refractivity contribution < 1.29 is 4.39 Å². The molecule has 66 valence electrons. The smallest absolute Gasteiger partial charge is 0.225 e. The summed E-state index contributed by atoms with van der Waals surface area (Å²) in [7, 11) is 0. The van der Waals surface area contributed by atoms with Crippen LogP contribution in [-0.2, 0) is 0 Å². The highest BCUT2D eigenvalue weighted by atomic mass is 79.9. The lowest BCUT2D eigenvalue weighted by atomic mass is 10.2. The Bertz CT molecular complexity index is 261. The van der Waals surface area contributed by atoms with Crippen LogP contribution in [-0.4, -0.2) is 16.5 Å². The molecule has 0 saturated carbocycles. The van der Waals surface area contributed by atoms with E-state index in [9.17, 15) is 4.39 Å². The maximum Gasteiger partial charge on any atom is 0.225 e. The predicted octanol–water partition coefficient (Wildman–Crippen LogP) is 1.74. The zero-order valence-electron chi connectivity index (χ0n) is 6.40. The zero-order valence-corrected chi connectivity index (χ0v) is 7.99. The molecular weight excluding hydrogens is 225 g/mol. The van der Waals surface area contributed by atoms with Gasteiger partial charge in [0, 0.05) is 0 Å². The summed E-state index contributed by atoms with van der Waals surface area (Å²) in [6.45, 7) is 0.991. The van der Waals surface area contributed by atoms with Crippen LogP contribution < -0.4 is 5.32 Å². The number of aromatic amines is 1. The highest BCUT2D eigenvalue weighted by Gasteiger charge is 2.20. The molecule has 0 radical (unpaired) electrons. The van der Waals surface area contributed by atoms with Crippen molar-refractivity contribution in [1.29, 1.82) is 0 Å². The van der Waals surface area contributed by atoms with Gasteiger partial charge < -0.3 is 10.3 Å². The molecule has 1 saturated heterocycles. The van der Waals surface area contributed by atoms with Gasteiger partial charge in [-0.2, -0.15) is 4.39 Å². The van der Waals surface area contributed by atoms with E-state index in [0.29, 0.717) is 5.82 Å². The van der Waals surface area contributed by atoms with E-state index in [1.165, 1.54) is 0 Å². The number of imidazole rings is 1. The molecule has 0 aromatic carbocycles. The molecule has 3 nitrogen and oxygen atoms in total. The molecule has 1 aromatic rings. The van der Waals surface area contributed by atoms with E-state index in [1.54, 1.807) is 0 Å². The van der Waals surface area contributed by atoms with E-state index in [-0.39, 0.29) is 10.6 Å². The normalized spacial score (nSPS) is 23.3. The number of hydrogen-bond donors (Lipinski definition) is 2. The van der Waals surface area contributed by atoms with Crippen molar-refractivity contribution in [2.24, 2.45) is 0 Å². The van der Waals surface area contributed by atoms with Crippen LogP contribution in [0.15, 0.2) is 4.60 Å². The molecule has 2 N–H and O–H groups in total. The van der Waals surface area contributed by atoms with Crippen LogP contribution in [0.5, 0.6) is 0 Å². The van der Waals surface area contributed by atoms with E-state index in [1.807, 2.05) is 0 Å². The largest absolute Gasteiger partial charge is 0.317 e. The molecule has 0 bridgehead atoms. The first-order chi connectivity index (χ1) is 5.77. The van der Waals surface area contributed by atoms with Gasteiger partial charge in [-0.25, -0.2) is 4.98 Å². The van der Waals surface area contributed by atoms with E-state index in [0.717, 1.165) is 19.4 Å². The van der Waals surface area contributed by atoms with Crippen molar-refractivity contribution in [3.05, 3.63) is 16.4 Å². The quantitative estimate of drug-likeness (QED) is 0.776. The summed E-state index contributed by atoms with van der Waals surface area (Å²) in [6, 6.07) is 0.200. The van der Waals surface area contributed by atoms with Gasteiger partial charge in [0.05, 0.1) is 6.04 Å². The average Bonchev–Trinajstić information content (AvgIpc) is 2.61. The van der Waals surface area contributed by atoms with Crippen LogP contribution in [0.2, 0.25) is 0 Å². The molecule has 1 unspecified atom stereocenters. The molecule has 2 heterocycles. The molecule has 1 aliphatic heterocycles. The van der Waals surface area contributed by atoms with E-state index >= 15 is 0 Å². The van der Waals surface area contributed by atoms with Crippen molar-refractivity contribution >= 4 is 15.9 Å². The van der Waals surface area contributed by atoms with Gasteiger partial charge in [-0.15, -0.1) is 0 Å². The van der Waals surface area contributed by atoms with Crippen molar-refractivity contribution in [2.45, 2.75) is 18.9 Å². The van der Waals surface area contributed by atoms with Gasteiger partial charge in [-0.05, 0) is 35.3 Å². The Kier molecular flexibility index (Phi) is 2.14.